The number of aryl methyl sites for hydroxylation is 1. The Morgan fingerprint density at radius 3 is 3.05 bits per heavy atom. The summed E-state index contributed by atoms with van der Waals surface area (Å²) in [7, 11) is 0. The van der Waals surface area contributed by atoms with Crippen molar-refractivity contribution < 1.29 is 14.3 Å². The first-order valence-electron chi connectivity index (χ1n) is 6.96. The fraction of sp³-hybridized carbons (Fsp3) is 0.188. The number of carbonyl (C=O) groups excluding carboxylic acids is 2. The van der Waals surface area contributed by atoms with E-state index < -0.39 is 0 Å². The molecule has 0 spiro atoms. The number of pyridine rings is 1. The zero-order valence-corrected chi connectivity index (χ0v) is 11.8. The molecule has 22 heavy (non-hydrogen) atoms. The van der Waals surface area contributed by atoms with Crippen LogP contribution in [0.4, 0.5) is 11.4 Å². The standard InChI is InChI=1S/C16H15N3O3/c20-15-6-3-11-8-13(4-5-14(11)19-15)22-10-16(21)18-12-2-1-7-17-9-12/h1-2,4-5,7-9H,3,6,10H2,(H,18,21)(H,19,20). The Morgan fingerprint density at radius 1 is 1.32 bits per heavy atom. The van der Waals surface area contributed by atoms with Gasteiger partial charge >= 0.3 is 0 Å². The molecule has 6 nitrogen and oxygen atoms in total. The molecule has 2 heterocycles. The van der Waals surface area contributed by atoms with Crippen LogP contribution in [0.5, 0.6) is 5.75 Å². The molecule has 3 rings (SSSR count). The Balaban J connectivity index is 1.57. The Hall–Kier alpha value is -2.89. The van der Waals surface area contributed by atoms with Crippen molar-refractivity contribution in [1.29, 1.82) is 0 Å². The second kappa shape index (κ2) is 6.26. The minimum atomic E-state index is -0.251. The minimum absolute atomic E-state index is 0.0250. The van der Waals surface area contributed by atoms with Gasteiger partial charge in [-0.2, -0.15) is 0 Å². The molecular formula is C16H15N3O3. The number of carbonyl (C=O) groups is 2. The third-order valence-electron chi connectivity index (χ3n) is 3.29. The third-order valence-corrected chi connectivity index (χ3v) is 3.29. The minimum Gasteiger partial charge on any atom is -0.484 e. The summed E-state index contributed by atoms with van der Waals surface area (Å²) in [5.74, 6) is 0.382. The summed E-state index contributed by atoms with van der Waals surface area (Å²) in [6, 6.07) is 8.88. The van der Waals surface area contributed by atoms with E-state index in [1.54, 1.807) is 36.7 Å². The van der Waals surface area contributed by atoms with Crippen LogP contribution in [-0.4, -0.2) is 23.4 Å². The van der Waals surface area contributed by atoms with Crippen LogP contribution in [0.2, 0.25) is 0 Å². The summed E-state index contributed by atoms with van der Waals surface area (Å²) in [6.45, 7) is -0.0833. The molecule has 0 saturated carbocycles. The lowest BCUT2D eigenvalue weighted by molar-refractivity contribution is -0.118. The predicted molar refractivity (Wildman–Crippen MR) is 81.8 cm³/mol. The average molecular weight is 297 g/mol. The van der Waals surface area contributed by atoms with Crippen molar-refractivity contribution in [3.63, 3.8) is 0 Å². The average Bonchev–Trinajstić information content (AvgIpc) is 2.54. The maximum atomic E-state index is 11.8. The number of amides is 2. The summed E-state index contributed by atoms with van der Waals surface area (Å²) in [6.07, 6.45) is 4.36. The Bertz CT molecular complexity index is 701. The van der Waals surface area contributed by atoms with Crippen LogP contribution >= 0.6 is 0 Å². The predicted octanol–water partition coefficient (Wildman–Crippen LogP) is 1.98. The topological polar surface area (TPSA) is 80.3 Å². The molecule has 0 saturated heterocycles. The van der Waals surface area contributed by atoms with E-state index in [2.05, 4.69) is 15.6 Å². The number of aromatic nitrogens is 1. The number of ether oxygens (including phenoxy) is 1. The van der Waals surface area contributed by atoms with Gasteiger partial charge in [0.25, 0.3) is 5.91 Å². The molecule has 2 aromatic rings. The van der Waals surface area contributed by atoms with Gasteiger partial charge in [0.1, 0.15) is 5.75 Å². The van der Waals surface area contributed by atoms with Crippen LogP contribution in [0.1, 0.15) is 12.0 Å². The molecule has 0 fully saturated rings. The van der Waals surface area contributed by atoms with E-state index in [0.717, 1.165) is 11.3 Å². The maximum absolute atomic E-state index is 11.8. The van der Waals surface area contributed by atoms with Gasteiger partial charge in [0.2, 0.25) is 5.91 Å². The largest absolute Gasteiger partial charge is 0.484 e. The van der Waals surface area contributed by atoms with Gasteiger partial charge in [0.15, 0.2) is 6.61 Å². The molecule has 0 aliphatic carbocycles. The molecule has 1 aliphatic rings. The van der Waals surface area contributed by atoms with Crippen LogP contribution in [0, 0.1) is 0 Å². The van der Waals surface area contributed by atoms with E-state index in [-0.39, 0.29) is 18.4 Å². The molecular weight excluding hydrogens is 282 g/mol. The van der Waals surface area contributed by atoms with Crippen molar-refractivity contribution in [2.75, 3.05) is 17.2 Å². The number of hydrogen-bond donors (Lipinski definition) is 2. The SMILES string of the molecule is O=C(COc1ccc2c(c1)CCC(=O)N2)Nc1cccnc1. The monoisotopic (exact) mass is 297 g/mol. The molecule has 1 aromatic carbocycles. The highest BCUT2D eigenvalue weighted by atomic mass is 16.5. The first kappa shape index (κ1) is 14.1. The highest BCUT2D eigenvalue weighted by Crippen LogP contribution is 2.26. The van der Waals surface area contributed by atoms with Gasteiger partial charge in [0.05, 0.1) is 11.9 Å². The van der Waals surface area contributed by atoms with E-state index in [4.69, 9.17) is 4.74 Å². The van der Waals surface area contributed by atoms with Crippen molar-refractivity contribution in [2.45, 2.75) is 12.8 Å². The number of nitrogens with zero attached hydrogens (tertiary/aromatic N) is 1. The Morgan fingerprint density at radius 2 is 2.23 bits per heavy atom. The molecule has 2 amide bonds. The molecule has 6 heteroatoms. The van der Waals surface area contributed by atoms with Crippen molar-refractivity contribution in [2.24, 2.45) is 0 Å². The van der Waals surface area contributed by atoms with E-state index in [1.807, 2.05) is 6.07 Å². The van der Waals surface area contributed by atoms with Crippen LogP contribution < -0.4 is 15.4 Å². The third kappa shape index (κ3) is 3.41. The molecule has 0 unspecified atom stereocenters. The van der Waals surface area contributed by atoms with Gasteiger partial charge in [-0.3, -0.25) is 14.6 Å². The summed E-state index contributed by atoms with van der Waals surface area (Å²) < 4.78 is 5.49. The lowest BCUT2D eigenvalue weighted by Crippen LogP contribution is -2.21. The van der Waals surface area contributed by atoms with E-state index in [0.29, 0.717) is 24.3 Å². The molecule has 2 N–H and O–H groups in total. The van der Waals surface area contributed by atoms with Gasteiger partial charge in [-0.05, 0) is 42.3 Å². The highest BCUT2D eigenvalue weighted by Gasteiger charge is 2.15. The van der Waals surface area contributed by atoms with Crippen LogP contribution in [-0.2, 0) is 16.0 Å². The van der Waals surface area contributed by atoms with Crippen molar-refractivity contribution in [1.82, 2.24) is 4.98 Å². The van der Waals surface area contributed by atoms with E-state index in [1.165, 1.54) is 0 Å². The number of benzene rings is 1. The van der Waals surface area contributed by atoms with Crippen LogP contribution in [0.15, 0.2) is 42.7 Å². The smallest absolute Gasteiger partial charge is 0.262 e. The first-order chi connectivity index (χ1) is 10.7. The molecule has 0 bridgehead atoms. The fourth-order valence-electron chi connectivity index (χ4n) is 2.23. The summed E-state index contributed by atoms with van der Waals surface area (Å²) in [4.78, 5) is 27.0. The normalized spacial score (nSPS) is 13.0. The van der Waals surface area contributed by atoms with Crippen molar-refractivity contribution >= 4 is 23.2 Å². The fourth-order valence-corrected chi connectivity index (χ4v) is 2.23. The zero-order valence-electron chi connectivity index (χ0n) is 11.8. The van der Waals surface area contributed by atoms with Crippen molar-refractivity contribution in [3.05, 3.63) is 48.3 Å². The lowest BCUT2D eigenvalue weighted by atomic mass is 10.0. The van der Waals surface area contributed by atoms with Gasteiger partial charge in [0, 0.05) is 18.3 Å². The quantitative estimate of drug-likeness (QED) is 0.904. The van der Waals surface area contributed by atoms with E-state index >= 15 is 0 Å². The van der Waals surface area contributed by atoms with Crippen molar-refractivity contribution in [3.8, 4) is 5.75 Å². The van der Waals surface area contributed by atoms with Gasteiger partial charge < -0.3 is 15.4 Å². The van der Waals surface area contributed by atoms with Crippen LogP contribution in [0.25, 0.3) is 0 Å². The maximum Gasteiger partial charge on any atom is 0.262 e. The Labute approximate surface area is 127 Å². The summed E-state index contributed by atoms with van der Waals surface area (Å²) >= 11 is 0. The lowest BCUT2D eigenvalue weighted by Gasteiger charge is -2.17. The number of anilines is 2. The molecule has 0 atom stereocenters. The number of nitrogens with one attached hydrogen (secondary N) is 2. The van der Waals surface area contributed by atoms with Gasteiger partial charge in [-0.15, -0.1) is 0 Å². The van der Waals surface area contributed by atoms with Gasteiger partial charge in [-0.1, -0.05) is 0 Å². The first-order valence-corrected chi connectivity index (χ1v) is 6.96. The highest BCUT2D eigenvalue weighted by molar-refractivity contribution is 5.94. The Kier molecular flexibility index (Phi) is 4.00. The molecule has 112 valence electrons. The molecule has 0 radical (unpaired) electrons. The second-order valence-corrected chi connectivity index (χ2v) is 4.95. The number of fused-ring (bicyclic) bond motifs is 1. The van der Waals surface area contributed by atoms with Gasteiger partial charge in [-0.25, -0.2) is 0 Å². The van der Waals surface area contributed by atoms with E-state index in [9.17, 15) is 9.59 Å². The molecule has 1 aromatic heterocycles. The van der Waals surface area contributed by atoms with Crippen LogP contribution in [0.3, 0.4) is 0 Å². The summed E-state index contributed by atoms with van der Waals surface area (Å²) in [5.41, 5.74) is 2.46. The zero-order chi connectivity index (χ0) is 15.4. The number of rotatable bonds is 4. The second-order valence-electron chi connectivity index (χ2n) is 4.95. The summed E-state index contributed by atoms with van der Waals surface area (Å²) in [5, 5.41) is 5.50. The number of hydrogen-bond acceptors (Lipinski definition) is 4. The molecule has 1 aliphatic heterocycles.